The second-order valence-corrected chi connectivity index (χ2v) is 9.41. The molecule has 2 aliphatic heterocycles. The van der Waals surface area contributed by atoms with Crippen LogP contribution in [0.2, 0.25) is 4.34 Å². The number of fused-ring (bicyclic) bond motifs is 1. The van der Waals surface area contributed by atoms with Crippen molar-refractivity contribution < 1.29 is 34.2 Å². The number of hydrogen-bond donors (Lipinski definition) is 4. The molecule has 3 heterocycles. The molecule has 0 aromatic carbocycles. The molecule has 0 aliphatic carbocycles. The number of rotatable bonds is 8. The van der Waals surface area contributed by atoms with Gasteiger partial charge in [0.2, 0.25) is 6.10 Å². The molecule has 12 nitrogen and oxygen atoms in total. The van der Waals surface area contributed by atoms with Gasteiger partial charge in [0.1, 0.15) is 27.1 Å². The minimum absolute atomic E-state index is 0.0141. The lowest BCUT2D eigenvalue weighted by Gasteiger charge is -2.49. The molecule has 1 fully saturated rings. The third-order valence-corrected chi connectivity index (χ3v) is 7.08. The van der Waals surface area contributed by atoms with E-state index in [4.69, 9.17) is 27.3 Å². The molecule has 172 valence electrons. The number of thiazole rings is 1. The Morgan fingerprint density at radius 1 is 1.44 bits per heavy atom. The number of aliphatic carboxylic acids is 2. The Bertz CT molecular complexity index is 1060. The summed E-state index contributed by atoms with van der Waals surface area (Å²) in [7, 11) is 0. The number of carbonyl (C=O) groups is 4. The Morgan fingerprint density at radius 3 is 2.66 bits per heavy atom. The summed E-state index contributed by atoms with van der Waals surface area (Å²) in [5.41, 5.74) is 5.56. The lowest BCUT2D eigenvalue weighted by atomic mass is 10.0. The number of β-lactam (4-membered cyclic amide) rings is 1. The summed E-state index contributed by atoms with van der Waals surface area (Å²) in [4.78, 5) is 58.2. The highest BCUT2D eigenvalue weighted by atomic mass is 35.5. The maximum atomic E-state index is 12.9. The number of anilines is 1. The minimum Gasteiger partial charge on any atom is -0.478 e. The zero-order chi connectivity index (χ0) is 23.7. The van der Waals surface area contributed by atoms with Gasteiger partial charge in [-0.1, -0.05) is 35.0 Å². The van der Waals surface area contributed by atoms with Gasteiger partial charge in [-0.15, -0.1) is 11.8 Å². The number of nitrogens with zero attached hydrogens (tertiary/aromatic N) is 3. The summed E-state index contributed by atoms with van der Waals surface area (Å²) in [5, 5.41) is 24.0. The molecule has 3 rings (SSSR count). The van der Waals surface area contributed by atoms with E-state index in [1.54, 1.807) is 6.92 Å². The fourth-order valence-corrected chi connectivity index (χ4v) is 5.37. The highest BCUT2D eigenvalue weighted by Gasteiger charge is 2.54. The van der Waals surface area contributed by atoms with Gasteiger partial charge in [0.05, 0.1) is 0 Å². The van der Waals surface area contributed by atoms with Crippen molar-refractivity contribution >= 4 is 69.3 Å². The number of nitrogens with one attached hydrogen (secondary N) is 1. The van der Waals surface area contributed by atoms with E-state index in [2.05, 4.69) is 15.5 Å². The van der Waals surface area contributed by atoms with Gasteiger partial charge in [-0.3, -0.25) is 14.5 Å². The van der Waals surface area contributed by atoms with Gasteiger partial charge >= 0.3 is 11.9 Å². The molecule has 15 heteroatoms. The highest BCUT2D eigenvalue weighted by Crippen LogP contribution is 2.41. The van der Waals surface area contributed by atoms with E-state index in [1.807, 2.05) is 0 Å². The number of nitrogen functional groups attached to an aromatic ring is 1. The molecule has 0 unspecified atom stereocenters. The van der Waals surface area contributed by atoms with E-state index in [9.17, 15) is 24.3 Å². The topological polar surface area (TPSA) is 185 Å². The summed E-state index contributed by atoms with van der Waals surface area (Å²) < 4.78 is 0.0141. The Kier molecular flexibility index (Phi) is 6.95. The van der Waals surface area contributed by atoms with Crippen LogP contribution in [-0.4, -0.2) is 72.8 Å². The smallest absolute Gasteiger partial charge is 0.352 e. The molecular weight excluding hydrogens is 486 g/mol. The van der Waals surface area contributed by atoms with Gasteiger partial charge in [-0.05, 0) is 18.9 Å². The Hall–Kier alpha value is -2.84. The number of hydrogen-bond acceptors (Lipinski definition) is 10. The molecule has 1 aromatic heterocycles. The predicted octanol–water partition coefficient (Wildman–Crippen LogP) is 0.721. The van der Waals surface area contributed by atoms with Gasteiger partial charge in [0, 0.05) is 5.75 Å². The standard InChI is InChI=1S/C17H18ClN5O7S2/c1-3-6-4-31-14-9(13(25)23(14)10(6)16(28)29)20-12(24)8(22-30-5(2)15(26)27)7-11(18)32-17(19)21-7/h5,9,14H,3-4H2,1-2H3,(H2,19,21)(H,20,24)(H,26,27)(H,28,29)/b22-8-/t5-,9+,14+/m0/s1. The number of carbonyl (C=O) groups excluding carboxylic acids is 2. The number of amides is 2. The van der Waals surface area contributed by atoms with Crippen LogP contribution >= 0.6 is 34.7 Å². The van der Waals surface area contributed by atoms with Crippen LogP contribution in [0.1, 0.15) is 26.0 Å². The van der Waals surface area contributed by atoms with E-state index in [0.717, 1.165) is 16.2 Å². The van der Waals surface area contributed by atoms with Crippen molar-refractivity contribution in [3.8, 4) is 0 Å². The number of oxime groups is 1. The molecule has 32 heavy (non-hydrogen) atoms. The van der Waals surface area contributed by atoms with Crippen LogP contribution in [-0.2, 0) is 24.0 Å². The van der Waals surface area contributed by atoms with Crippen molar-refractivity contribution in [3.05, 3.63) is 21.3 Å². The van der Waals surface area contributed by atoms with Crippen molar-refractivity contribution in [2.45, 2.75) is 37.8 Å². The van der Waals surface area contributed by atoms with Crippen molar-refractivity contribution in [2.24, 2.45) is 5.16 Å². The molecule has 3 atom stereocenters. The van der Waals surface area contributed by atoms with Gasteiger partial charge in [-0.25, -0.2) is 14.6 Å². The van der Waals surface area contributed by atoms with Crippen molar-refractivity contribution in [3.63, 3.8) is 0 Å². The van der Waals surface area contributed by atoms with Crippen LogP contribution in [0.4, 0.5) is 5.13 Å². The molecule has 0 saturated carbocycles. The Balaban J connectivity index is 1.85. The summed E-state index contributed by atoms with van der Waals surface area (Å²) in [6, 6.07) is -1.03. The Morgan fingerprint density at radius 2 is 2.12 bits per heavy atom. The van der Waals surface area contributed by atoms with Crippen LogP contribution in [0.25, 0.3) is 0 Å². The number of thioether (sulfide) groups is 1. The normalized spacial score (nSPS) is 21.5. The van der Waals surface area contributed by atoms with Crippen LogP contribution in [0.5, 0.6) is 0 Å². The quantitative estimate of drug-likeness (QED) is 0.224. The maximum Gasteiger partial charge on any atom is 0.352 e. The zero-order valence-electron chi connectivity index (χ0n) is 16.7. The monoisotopic (exact) mass is 503 g/mol. The van der Waals surface area contributed by atoms with Gasteiger partial charge in [0.15, 0.2) is 10.8 Å². The molecule has 0 bridgehead atoms. The predicted molar refractivity (Wildman–Crippen MR) is 116 cm³/mol. The lowest BCUT2D eigenvalue weighted by molar-refractivity contribution is -0.150. The van der Waals surface area contributed by atoms with Crippen LogP contribution in [0.15, 0.2) is 16.4 Å². The van der Waals surface area contributed by atoms with Crippen molar-refractivity contribution in [1.82, 2.24) is 15.2 Å². The van der Waals surface area contributed by atoms with E-state index in [-0.39, 0.29) is 20.9 Å². The minimum atomic E-state index is -1.38. The van der Waals surface area contributed by atoms with E-state index in [1.165, 1.54) is 18.7 Å². The molecule has 2 amide bonds. The average Bonchev–Trinajstić information content (AvgIpc) is 3.07. The van der Waals surface area contributed by atoms with E-state index >= 15 is 0 Å². The van der Waals surface area contributed by atoms with Crippen LogP contribution < -0.4 is 11.1 Å². The fourth-order valence-electron chi connectivity index (χ4n) is 3.00. The van der Waals surface area contributed by atoms with Gasteiger partial charge < -0.3 is 26.1 Å². The number of halogens is 1. The largest absolute Gasteiger partial charge is 0.478 e. The zero-order valence-corrected chi connectivity index (χ0v) is 19.1. The highest BCUT2D eigenvalue weighted by molar-refractivity contribution is 8.00. The number of carboxylic acid groups (broad SMARTS) is 2. The molecule has 0 spiro atoms. The number of aromatic nitrogens is 1. The molecule has 1 aromatic rings. The maximum absolute atomic E-state index is 12.9. The average molecular weight is 504 g/mol. The molecule has 0 radical (unpaired) electrons. The first-order valence-electron chi connectivity index (χ1n) is 9.16. The first kappa shape index (κ1) is 23.8. The second kappa shape index (κ2) is 9.34. The van der Waals surface area contributed by atoms with Crippen molar-refractivity contribution in [1.29, 1.82) is 0 Å². The fraction of sp³-hybridized carbons (Fsp3) is 0.412. The summed E-state index contributed by atoms with van der Waals surface area (Å²) in [6.45, 7) is 3.00. The Labute approximate surface area is 194 Å². The number of carboxylic acids is 2. The molecule has 5 N–H and O–H groups in total. The molecule has 1 saturated heterocycles. The van der Waals surface area contributed by atoms with Crippen LogP contribution in [0, 0.1) is 0 Å². The van der Waals surface area contributed by atoms with Gasteiger partial charge in [-0.2, -0.15) is 0 Å². The lowest BCUT2D eigenvalue weighted by Crippen LogP contribution is -2.71. The van der Waals surface area contributed by atoms with E-state index < -0.39 is 47.0 Å². The summed E-state index contributed by atoms with van der Waals surface area (Å²) in [5.74, 6) is -3.64. The third kappa shape index (κ3) is 4.38. The van der Waals surface area contributed by atoms with E-state index in [0.29, 0.717) is 17.7 Å². The number of nitrogens with two attached hydrogens (primary N) is 1. The summed E-state index contributed by atoms with van der Waals surface area (Å²) in [6.07, 6.45) is -0.903. The van der Waals surface area contributed by atoms with Crippen LogP contribution in [0.3, 0.4) is 0 Å². The van der Waals surface area contributed by atoms with Gasteiger partial charge in [0.25, 0.3) is 11.8 Å². The molecule has 2 aliphatic rings. The first-order valence-corrected chi connectivity index (χ1v) is 11.4. The van der Waals surface area contributed by atoms with Crippen molar-refractivity contribution in [2.75, 3.05) is 11.5 Å². The SMILES string of the molecule is CCC1=C(C(=O)O)N2C(=O)[C@@H](NC(=O)/C(=N\O[C@@H](C)C(=O)O)c3nc(N)sc3Cl)[C@H]2SC1. The first-order chi connectivity index (χ1) is 15.1. The second-order valence-electron chi connectivity index (χ2n) is 6.67. The summed E-state index contributed by atoms with van der Waals surface area (Å²) >= 11 is 8.25. The third-order valence-electron chi connectivity index (χ3n) is 4.65. The molecular formula is C17H18ClN5O7S2.